The molecule has 0 unspecified atom stereocenters. The van der Waals surface area contributed by atoms with Gasteiger partial charge in [0.2, 0.25) is 0 Å². The standard InChI is InChI=1S/C13H15O6/c1-4-11(14)17-7-10(8-18-12(15)5-2)9-19-13(16)6-3/h4-6H,1-3,7-9H2. The molecule has 0 aliphatic heterocycles. The highest BCUT2D eigenvalue weighted by atomic mass is 16.6. The van der Waals surface area contributed by atoms with Crippen molar-refractivity contribution in [2.24, 2.45) is 0 Å². The van der Waals surface area contributed by atoms with Crippen LogP contribution in [0.1, 0.15) is 0 Å². The molecular formula is C13H15O6. The number of ether oxygens (including phenoxy) is 3. The largest absolute Gasteiger partial charge is 0.462 e. The summed E-state index contributed by atoms with van der Waals surface area (Å²) < 4.78 is 14.3. The van der Waals surface area contributed by atoms with E-state index >= 15 is 0 Å². The van der Waals surface area contributed by atoms with E-state index in [0.29, 0.717) is 5.92 Å². The van der Waals surface area contributed by atoms with Gasteiger partial charge in [0.15, 0.2) is 0 Å². The maximum absolute atomic E-state index is 10.9. The van der Waals surface area contributed by atoms with Crippen LogP contribution in [0.2, 0.25) is 0 Å². The Morgan fingerprint density at radius 3 is 1.16 bits per heavy atom. The molecule has 0 spiro atoms. The molecule has 0 aromatic carbocycles. The number of hydrogen-bond donors (Lipinski definition) is 0. The third kappa shape index (κ3) is 8.37. The van der Waals surface area contributed by atoms with Gasteiger partial charge in [0.1, 0.15) is 19.8 Å². The third-order valence-corrected chi connectivity index (χ3v) is 1.76. The predicted octanol–water partition coefficient (Wildman–Crippen LogP) is 0.748. The number of carbonyl (C=O) groups is 3. The van der Waals surface area contributed by atoms with Gasteiger partial charge in [-0.05, 0) is 0 Å². The topological polar surface area (TPSA) is 78.9 Å². The molecule has 0 atom stereocenters. The Morgan fingerprint density at radius 1 is 0.684 bits per heavy atom. The molecule has 103 valence electrons. The number of hydrogen-bond acceptors (Lipinski definition) is 6. The minimum atomic E-state index is -0.636. The highest BCUT2D eigenvalue weighted by molar-refractivity contribution is 5.82. The van der Waals surface area contributed by atoms with Crippen LogP contribution in [-0.4, -0.2) is 37.7 Å². The van der Waals surface area contributed by atoms with E-state index in [9.17, 15) is 14.4 Å². The van der Waals surface area contributed by atoms with Crippen molar-refractivity contribution in [2.75, 3.05) is 19.8 Å². The first kappa shape index (κ1) is 16.6. The fourth-order valence-corrected chi connectivity index (χ4v) is 0.821. The van der Waals surface area contributed by atoms with E-state index in [1.165, 1.54) is 0 Å². The fourth-order valence-electron chi connectivity index (χ4n) is 0.821. The molecular weight excluding hydrogens is 252 g/mol. The first-order chi connectivity index (χ1) is 9.03. The maximum Gasteiger partial charge on any atom is 0.330 e. The molecule has 0 saturated heterocycles. The smallest absolute Gasteiger partial charge is 0.330 e. The van der Waals surface area contributed by atoms with Crippen LogP contribution in [0.25, 0.3) is 0 Å². The zero-order valence-corrected chi connectivity index (χ0v) is 10.4. The summed E-state index contributed by atoms with van der Waals surface area (Å²) in [4.78, 5) is 32.7. The van der Waals surface area contributed by atoms with Gasteiger partial charge in [0, 0.05) is 18.2 Å². The van der Waals surface area contributed by atoms with Gasteiger partial charge in [-0.15, -0.1) is 0 Å². The second-order valence-electron chi connectivity index (χ2n) is 3.19. The lowest BCUT2D eigenvalue weighted by molar-refractivity contribution is -0.141. The van der Waals surface area contributed by atoms with Crippen molar-refractivity contribution in [3.63, 3.8) is 0 Å². The molecule has 0 rings (SSSR count). The third-order valence-electron chi connectivity index (χ3n) is 1.76. The molecule has 6 heteroatoms. The van der Waals surface area contributed by atoms with Gasteiger partial charge in [-0.3, -0.25) is 0 Å². The summed E-state index contributed by atoms with van der Waals surface area (Å²) in [7, 11) is 0. The summed E-state index contributed by atoms with van der Waals surface area (Å²) in [5.74, 6) is -1.52. The van der Waals surface area contributed by atoms with E-state index in [1.54, 1.807) is 0 Å². The predicted molar refractivity (Wildman–Crippen MR) is 66.7 cm³/mol. The minimum Gasteiger partial charge on any atom is -0.462 e. The van der Waals surface area contributed by atoms with Gasteiger partial charge in [-0.25, -0.2) is 14.4 Å². The summed E-state index contributed by atoms with van der Waals surface area (Å²) in [5, 5.41) is 0. The molecule has 0 heterocycles. The highest BCUT2D eigenvalue weighted by Gasteiger charge is 2.16. The SMILES string of the molecule is C=CC(=O)OC[C](COC(=O)C=C)COC(=O)C=C. The Labute approximate surface area is 111 Å². The molecule has 0 fully saturated rings. The molecule has 0 amide bonds. The first-order valence-corrected chi connectivity index (χ1v) is 5.24. The van der Waals surface area contributed by atoms with E-state index < -0.39 is 17.9 Å². The van der Waals surface area contributed by atoms with E-state index in [4.69, 9.17) is 14.2 Å². The van der Waals surface area contributed by atoms with Gasteiger partial charge in [-0.1, -0.05) is 19.7 Å². The zero-order valence-electron chi connectivity index (χ0n) is 10.4. The van der Waals surface area contributed by atoms with Gasteiger partial charge in [0.05, 0.1) is 5.92 Å². The van der Waals surface area contributed by atoms with Crippen LogP contribution >= 0.6 is 0 Å². The number of esters is 3. The normalized spacial score (nSPS) is 9.32. The Balaban J connectivity index is 4.27. The summed E-state index contributed by atoms with van der Waals surface area (Å²) in [6, 6.07) is 0. The summed E-state index contributed by atoms with van der Waals surface area (Å²) >= 11 is 0. The monoisotopic (exact) mass is 267 g/mol. The molecule has 1 radical (unpaired) electrons. The number of carbonyl (C=O) groups excluding carboxylic acids is 3. The zero-order chi connectivity index (χ0) is 14.7. The maximum atomic E-state index is 10.9. The van der Waals surface area contributed by atoms with Gasteiger partial charge >= 0.3 is 17.9 Å². The van der Waals surface area contributed by atoms with Crippen molar-refractivity contribution in [1.82, 2.24) is 0 Å². The summed E-state index contributed by atoms with van der Waals surface area (Å²) in [5.41, 5.74) is 0. The average Bonchev–Trinajstić information content (AvgIpc) is 2.44. The van der Waals surface area contributed by atoms with Crippen LogP contribution in [0.3, 0.4) is 0 Å². The average molecular weight is 267 g/mol. The quantitative estimate of drug-likeness (QED) is 0.348. The van der Waals surface area contributed by atoms with Crippen LogP contribution in [-0.2, 0) is 28.6 Å². The van der Waals surface area contributed by atoms with Crippen molar-refractivity contribution in [3.8, 4) is 0 Å². The van der Waals surface area contributed by atoms with Crippen molar-refractivity contribution < 1.29 is 28.6 Å². The second-order valence-corrected chi connectivity index (χ2v) is 3.19. The van der Waals surface area contributed by atoms with Gasteiger partial charge in [0.25, 0.3) is 0 Å². The lowest BCUT2D eigenvalue weighted by atomic mass is 10.2. The van der Waals surface area contributed by atoms with E-state index in [-0.39, 0.29) is 19.8 Å². The number of rotatable bonds is 9. The van der Waals surface area contributed by atoms with E-state index in [1.807, 2.05) is 0 Å². The summed E-state index contributed by atoms with van der Waals surface area (Å²) in [6.45, 7) is 9.24. The Hall–Kier alpha value is -2.37. The lowest BCUT2D eigenvalue weighted by Gasteiger charge is -2.15. The van der Waals surface area contributed by atoms with E-state index in [0.717, 1.165) is 18.2 Å². The molecule has 0 N–H and O–H groups in total. The van der Waals surface area contributed by atoms with Gasteiger partial charge < -0.3 is 14.2 Å². The Kier molecular flexibility index (Phi) is 8.44. The van der Waals surface area contributed by atoms with Gasteiger partial charge in [-0.2, -0.15) is 0 Å². The molecule has 6 nitrogen and oxygen atoms in total. The van der Waals surface area contributed by atoms with Crippen molar-refractivity contribution in [3.05, 3.63) is 43.9 Å². The minimum absolute atomic E-state index is 0.153. The van der Waals surface area contributed by atoms with Crippen LogP contribution in [0.4, 0.5) is 0 Å². The molecule has 0 aromatic rings. The van der Waals surface area contributed by atoms with Crippen molar-refractivity contribution >= 4 is 17.9 Å². The van der Waals surface area contributed by atoms with Crippen LogP contribution in [0, 0.1) is 5.92 Å². The van der Waals surface area contributed by atoms with Crippen molar-refractivity contribution in [1.29, 1.82) is 0 Å². The molecule has 0 aliphatic carbocycles. The first-order valence-electron chi connectivity index (χ1n) is 5.24. The van der Waals surface area contributed by atoms with E-state index in [2.05, 4.69) is 19.7 Å². The molecule has 0 aliphatic rings. The van der Waals surface area contributed by atoms with Crippen LogP contribution < -0.4 is 0 Å². The molecule has 19 heavy (non-hydrogen) atoms. The fraction of sp³-hybridized carbons (Fsp3) is 0.231. The van der Waals surface area contributed by atoms with Crippen molar-refractivity contribution in [2.45, 2.75) is 0 Å². The Bertz CT molecular complexity index is 314. The molecule has 0 saturated carbocycles. The molecule has 0 aromatic heterocycles. The highest BCUT2D eigenvalue weighted by Crippen LogP contribution is 2.04. The Morgan fingerprint density at radius 2 is 0.947 bits per heavy atom. The van der Waals surface area contributed by atoms with Crippen LogP contribution in [0.5, 0.6) is 0 Å². The second kappa shape index (κ2) is 9.64. The lowest BCUT2D eigenvalue weighted by Crippen LogP contribution is -2.23. The summed E-state index contributed by atoms with van der Waals surface area (Å²) in [6.07, 6.45) is 2.97. The molecule has 0 bridgehead atoms. The van der Waals surface area contributed by atoms with Crippen LogP contribution in [0.15, 0.2) is 38.0 Å².